The maximum absolute atomic E-state index is 13.7. The van der Waals surface area contributed by atoms with Crippen LogP contribution in [0.15, 0.2) is 10.5 Å². The second kappa shape index (κ2) is 5.22. The standard InChI is InChI=1S/C12H13BrF2O3/c1-12(2,3)18-11(16)8-9(15)7(14)5-6(13)10(8)17-4/h5H,1-4H3. The monoisotopic (exact) mass is 322 g/mol. The predicted octanol–water partition coefficient (Wildman–Crippen LogP) is 3.69. The van der Waals surface area contributed by atoms with Crippen molar-refractivity contribution >= 4 is 21.9 Å². The number of hydrogen-bond donors (Lipinski definition) is 0. The molecule has 0 fully saturated rings. The van der Waals surface area contributed by atoms with Crippen LogP contribution in [0, 0.1) is 11.6 Å². The van der Waals surface area contributed by atoms with Crippen LogP contribution in [0.25, 0.3) is 0 Å². The molecule has 0 aliphatic carbocycles. The summed E-state index contributed by atoms with van der Waals surface area (Å²) < 4.78 is 37.0. The molecule has 1 rings (SSSR count). The average molecular weight is 323 g/mol. The number of esters is 1. The van der Waals surface area contributed by atoms with Crippen LogP contribution in [-0.2, 0) is 4.74 Å². The highest BCUT2D eigenvalue weighted by Crippen LogP contribution is 2.33. The Morgan fingerprint density at radius 1 is 1.33 bits per heavy atom. The number of carbonyl (C=O) groups excluding carboxylic acids is 1. The highest BCUT2D eigenvalue weighted by molar-refractivity contribution is 9.10. The van der Waals surface area contributed by atoms with Crippen molar-refractivity contribution in [1.82, 2.24) is 0 Å². The van der Waals surface area contributed by atoms with Crippen LogP contribution in [0.3, 0.4) is 0 Å². The van der Waals surface area contributed by atoms with E-state index in [2.05, 4.69) is 15.9 Å². The Kier molecular flexibility index (Phi) is 4.32. The van der Waals surface area contributed by atoms with Crippen LogP contribution in [0.5, 0.6) is 5.75 Å². The number of halogens is 3. The van der Waals surface area contributed by atoms with Crippen LogP contribution in [0.4, 0.5) is 8.78 Å². The fourth-order valence-electron chi connectivity index (χ4n) is 1.29. The van der Waals surface area contributed by atoms with Crippen molar-refractivity contribution in [2.45, 2.75) is 26.4 Å². The molecule has 0 aromatic heterocycles. The number of methoxy groups -OCH3 is 1. The van der Waals surface area contributed by atoms with E-state index in [0.717, 1.165) is 6.07 Å². The van der Waals surface area contributed by atoms with Crippen molar-refractivity contribution in [3.8, 4) is 5.75 Å². The molecule has 0 saturated carbocycles. The van der Waals surface area contributed by atoms with Crippen molar-refractivity contribution in [3.05, 3.63) is 27.7 Å². The van der Waals surface area contributed by atoms with Gasteiger partial charge in [0, 0.05) is 0 Å². The molecule has 0 heterocycles. The predicted molar refractivity (Wildman–Crippen MR) is 65.8 cm³/mol. The molecule has 6 heteroatoms. The summed E-state index contributed by atoms with van der Waals surface area (Å²) in [4.78, 5) is 11.8. The highest BCUT2D eigenvalue weighted by Gasteiger charge is 2.28. The molecule has 0 radical (unpaired) electrons. The molecule has 0 aliphatic heterocycles. The van der Waals surface area contributed by atoms with Gasteiger partial charge in [0.05, 0.1) is 11.6 Å². The van der Waals surface area contributed by atoms with Crippen LogP contribution in [0.2, 0.25) is 0 Å². The summed E-state index contributed by atoms with van der Waals surface area (Å²) in [5, 5.41) is 0. The fraction of sp³-hybridized carbons (Fsp3) is 0.417. The fourth-order valence-corrected chi connectivity index (χ4v) is 1.85. The van der Waals surface area contributed by atoms with Gasteiger partial charge in [0.2, 0.25) is 0 Å². The first kappa shape index (κ1) is 14.9. The van der Waals surface area contributed by atoms with Gasteiger partial charge < -0.3 is 9.47 Å². The van der Waals surface area contributed by atoms with E-state index in [-0.39, 0.29) is 10.2 Å². The number of carbonyl (C=O) groups is 1. The summed E-state index contributed by atoms with van der Waals surface area (Å²) in [5.74, 6) is -3.51. The first-order valence-electron chi connectivity index (χ1n) is 5.12. The van der Waals surface area contributed by atoms with Gasteiger partial charge in [-0.05, 0) is 42.8 Å². The maximum atomic E-state index is 13.7. The third-order valence-corrected chi connectivity index (χ3v) is 2.52. The Labute approximate surface area is 112 Å². The minimum atomic E-state index is -1.29. The largest absolute Gasteiger partial charge is 0.495 e. The Bertz CT molecular complexity index is 481. The van der Waals surface area contributed by atoms with E-state index >= 15 is 0 Å². The van der Waals surface area contributed by atoms with Gasteiger partial charge in [0.15, 0.2) is 17.4 Å². The molecule has 18 heavy (non-hydrogen) atoms. The van der Waals surface area contributed by atoms with Crippen LogP contribution in [0.1, 0.15) is 31.1 Å². The second-order valence-corrected chi connectivity index (χ2v) is 5.42. The molecule has 0 unspecified atom stereocenters. The normalized spacial score (nSPS) is 11.3. The molecule has 0 atom stereocenters. The van der Waals surface area contributed by atoms with Crippen LogP contribution >= 0.6 is 15.9 Å². The molecule has 0 saturated heterocycles. The average Bonchev–Trinajstić information content (AvgIpc) is 2.20. The van der Waals surface area contributed by atoms with Crippen molar-refractivity contribution in [2.24, 2.45) is 0 Å². The lowest BCUT2D eigenvalue weighted by Crippen LogP contribution is -2.25. The molecular formula is C12H13BrF2O3. The lowest BCUT2D eigenvalue weighted by molar-refractivity contribution is 0.00602. The number of ether oxygens (including phenoxy) is 2. The van der Waals surface area contributed by atoms with Gasteiger partial charge in [0.1, 0.15) is 11.2 Å². The number of hydrogen-bond acceptors (Lipinski definition) is 3. The quantitative estimate of drug-likeness (QED) is 0.615. The van der Waals surface area contributed by atoms with E-state index in [4.69, 9.17) is 9.47 Å². The van der Waals surface area contributed by atoms with Crippen molar-refractivity contribution in [2.75, 3.05) is 7.11 Å². The molecule has 0 aliphatic rings. The van der Waals surface area contributed by atoms with Crippen molar-refractivity contribution in [1.29, 1.82) is 0 Å². The van der Waals surface area contributed by atoms with E-state index in [0.29, 0.717) is 0 Å². The van der Waals surface area contributed by atoms with E-state index in [1.165, 1.54) is 7.11 Å². The summed E-state index contributed by atoms with van der Waals surface area (Å²) in [7, 11) is 1.26. The van der Waals surface area contributed by atoms with Crippen LogP contribution in [-0.4, -0.2) is 18.7 Å². The Morgan fingerprint density at radius 3 is 2.33 bits per heavy atom. The molecule has 100 valence electrons. The Balaban J connectivity index is 3.34. The molecule has 3 nitrogen and oxygen atoms in total. The zero-order chi connectivity index (χ0) is 14.1. The van der Waals surface area contributed by atoms with Gasteiger partial charge in [-0.25, -0.2) is 13.6 Å². The van der Waals surface area contributed by atoms with Gasteiger partial charge in [-0.3, -0.25) is 0 Å². The molecule has 0 N–H and O–H groups in total. The molecule has 0 bridgehead atoms. The van der Waals surface area contributed by atoms with Crippen molar-refractivity contribution in [3.63, 3.8) is 0 Å². The summed E-state index contributed by atoms with van der Waals surface area (Å²) in [6.45, 7) is 4.89. The Morgan fingerprint density at radius 2 is 1.89 bits per heavy atom. The third-order valence-electron chi connectivity index (χ3n) is 1.93. The summed E-state index contributed by atoms with van der Waals surface area (Å²) in [5.41, 5.74) is -1.37. The number of benzene rings is 1. The van der Waals surface area contributed by atoms with E-state index in [1.54, 1.807) is 20.8 Å². The number of rotatable bonds is 2. The molecule has 0 amide bonds. The minimum Gasteiger partial charge on any atom is -0.495 e. The zero-order valence-electron chi connectivity index (χ0n) is 10.4. The van der Waals surface area contributed by atoms with E-state index < -0.39 is 28.8 Å². The smallest absolute Gasteiger partial charge is 0.345 e. The topological polar surface area (TPSA) is 35.5 Å². The van der Waals surface area contributed by atoms with Crippen molar-refractivity contribution < 1.29 is 23.0 Å². The first-order chi connectivity index (χ1) is 8.17. The van der Waals surface area contributed by atoms with Gasteiger partial charge in [-0.1, -0.05) is 0 Å². The zero-order valence-corrected chi connectivity index (χ0v) is 12.0. The maximum Gasteiger partial charge on any atom is 0.345 e. The molecular weight excluding hydrogens is 310 g/mol. The summed E-state index contributed by atoms with van der Waals surface area (Å²) in [6, 6.07) is 0.891. The molecule has 0 spiro atoms. The van der Waals surface area contributed by atoms with E-state index in [1.807, 2.05) is 0 Å². The lowest BCUT2D eigenvalue weighted by atomic mass is 10.1. The summed E-state index contributed by atoms with van der Waals surface area (Å²) >= 11 is 3.00. The molecule has 1 aromatic rings. The minimum absolute atomic E-state index is 0.0943. The second-order valence-electron chi connectivity index (χ2n) is 4.56. The Hall–Kier alpha value is -1.17. The van der Waals surface area contributed by atoms with Gasteiger partial charge in [-0.15, -0.1) is 0 Å². The third kappa shape index (κ3) is 3.19. The highest BCUT2D eigenvalue weighted by atomic mass is 79.9. The van der Waals surface area contributed by atoms with E-state index in [9.17, 15) is 13.6 Å². The van der Waals surface area contributed by atoms with Gasteiger partial charge in [0.25, 0.3) is 0 Å². The van der Waals surface area contributed by atoms with Gasteiger partial charge >= 0.3 is 5.97 Å². The first-order valence-corrected chi connectivity index (χ1v) is 5.91. The van der Waals surface area contributed by atoms with Crippen LogP contribution < -0.4 is 4.74 Å². The molecule has 1 aromatic carbocycles. The lowest BCUT2D eigenvalue weighted by Gasteiger charge is -2.21. The SMILES string of the molecule is COc1c(Br)cc(F)c(F)c1C(=O)OC(C)(C)C. The summed E-state index contributed by atoms with van der Waals surface area (Å²) in [6.07, 6.45) is 0. The van der Waals surface area contributed by atoms with Gasteiger partial charge in [-0.2, -0.15) is 0 Å².